The lowest BCUT2D eigenvalue weighted by atomic mass is 10.2. The molecule has 2 heterocycles. The number of ether oxygens (including phenoxy) is 1. The van der Waals surface area contributed by atoms with Crippen LogP contribution in [0, 0.1) is 11.3 Å². The van der Waals surface area contributed by atoms with Gasteiger partial charge in [-0.05, 0) is 45.7 Å². The summed E-state index contributed by atoms with van der Waals surface area (Å²) in [5.41, 5.74) is 0.0645. The molecule has 0 unspecified atom stereocenters. The summed E-state index contributed by atoms with van der Waals surface area (Å²) in [4.78, 5) is 20.2. The molecule has 1 fully saturated rings. The van der Waals surface area contributed by atoms with E-state index in [2.05, 4.69) is 16.0 Å². The lowest BCUT2D eigenvalue weighted by molar-refractivity contribution is 0.0290. The van der Waals surface area contributed by atoms with Crippen molar-refractivity contribution >= 4 is 11.9 Å². The third-order valence-corrected chi connectivity index (χ3v) is 3.75. The fraction of sp³-hybridized carbons (Fsp3) is 0.588. The van der Waals surface area contributed by atoms with E-state index in [1.54, 1.807) is 30.3 Å². The number of aromatic nitrogens is 1. The third-order valence-electron chi connectivity index (χ3n) is 3.75. The smallest absolute Gasteiger partial charge is 0.410 e. The number of amides is 1. The fourth-order valence-electron chi connectivity index (χ4n) is 2.75. The van der Waals surface area contributed by atoms with Crippen molar-refractivity contribution in [2.75, 3.05) is 25.0 Å². The Bertz CT molecular complexity index is 603. The number of nitrogens with zero attached hydrogens (tertiary/aromatic N) is 4. The van der Waals surface area contributed by atoms with Gasteiger partial charge in [-0.15, -0.1) is 0 Å². The first-order chi connectivity index (χ1) is 10.8. The molecule has 0 aliphatic carbocycles. The predicted molar refractivity (Wildman–Crippen MR) is 88.2 cm³/mol. The molecule has 1 saturated heterocycles. The SMILES string of the molecule is CN(C[C@@H]1CCCN1c1ncccc1C#N)C(=O)OC(C)(C)C. The van der Waals surface area contributed by atoms with Crippen molar-refractivity contribution in [3.8, 4) is 6.07 Å². The molecule has 0 N–H and O–H groups in total. The Morgan fingerprint density at radius 3 is 2.96 bits per heavy atom. The Balaban J connectivity index is 2.08. The van der Waals surface area contributed by atoms with Gasteiger partial charge >= 0.3 is 6.09 Å². The van der Waals surface area contributed by atoms with Crippen LogP contribution in [0.25, 0.3) is 0 Å². The summed E-state index contributed by atoms with van der Waals surface area (Å²) < 4.78 is 5.40. The standard InChI is InChI=1S/C17H24N4O2/c1-17(2,3)23-16(22)20(4)12-14-8-6-10-21(14)15-13(11-18)7-5-9-19-15/h5,7,9,14H,6,8,10,12H2,1-4H3/t14-/m0/s1. The molecule has 0 aromatic carbocycles. The molecule has 124 valence electrons. The molecule has 0 spiro atoms. The van der Waals surface area contributed by atoms with Gasteiger partial charge in [0.25, 0.3) is 0 Å². The Labute approximate surface area is 137 Å². The number of pyridine rings is 1. The minimum Gasteiger partial charge on any atom is -0.444 e. The first-order valence-corrected chi connectivity index (χ1v) is 7.87. The molecule has 23 heavy (non-hydrogen) atoms. The van der Waals surface area contributed by atoms with Gasteiger partial charge in [0.2, 0.25) is 0 Å². The topological polar surface area (TPSA) is 69.5 Å². The van der Waals surface area contributed by atoms with Crippen molar-refractivity contribution in [2.45, 2.75) is 45.3 Å². The van der Waals surface area contributed by atoms with Crippen LogP contribution in [0.1, 0.15) is 39.2 Å². The second-order valence-electron chi connectivity index (χ2n) is 6.84. The monoisotopic (exact) mass is 316 g/mol. The molecule has 1 aliphatic rings. The highest BCUT2D eigenvalue weighted by Gasteiger charge is 2.30. The zero-order chi connectivity index (χ0) is 17.0. The van der Waals surface area contributed by atoms with Crippen molar-refractivity contribution in [1.29, 1.82) is 5.26 Å². The van der Waals surface area contributed by atoms with E-state index < -0.39 is 5.60 Å². The van der Waals surface area contributed by atoms with Crippen molar-refractivity contribution in [1.82, 2.24) is 9.88 Å². The lowest BCUT2D eigenvalue weighted by Gasteiger charge is -2.31. The first-order valence-electron chi connectivity index (χ1n) is 7.87. The highest BCUT2D eigenvalue weighted by atomic mass is 16.6. The van der Waals surface area contributed by atoms with Crippen molar-refractivity contribution in [2.24, 2.45) is 0 Å². The molecule has 1 atom stereocenters. The molecular weight excluding hydrogens is 292 g/mol. The number of likely N-dealkylation sites (N-methyl/N-ethyl adjacent to an activating group) is 1. The quantitative estimate of drug-likeness (QED) is 0.857. The van der Waals surface area contributed by atoms with Crippen molar-refractivity contribution < 1.29 is 9.53 Å². The number of hydrogen-bond donors (Lipinski definition) is 0. The summed E-state index contributed by atoms with van der Waals surface area (Å²) in [5, 5.41) is 9.26. The molecular formula is C17H24N4O2. The van der Waals surface area contributed by atoms with Crippen LogP contribution < -0.4 is 4.90 Å². The molecule has 1 aromatic heterocycles. The Hall–Kier alpha value is -2.29. The number of carbonyl (C=O) groups is 1. The van der Waals surface area contributed by atoms with Crippen LogP contribution in [0.5, 0.6) is 0 Å². The van der Waals surface area contributed by atoms with E-state index in [-0.39, 0.29) is 12.1 Å². The summed E-state index contributed by atoms with van der Waals surface area (Å²) in [6.45, 7) is 6.96. The normalized spacial score (nSPS) is 17.7. The van der Waals surface area contributed by atoms with Gasteiger partial charge in [0.1, 0.15) is 17.5 Å². The largest absolute Gasteiger partial charge is 0.444 e. The van der Waals surface area contributed by atoms with Gasteiger partial charge < -0.3 is 14.5 Å². The van der Waals surface area contributed by atoms with Crippen molar-refractivity contribution in [3.63, 3.8) is 0 Å². The van der Waals surface area contributed by atoms with Crippen molar-refractivity contribution in [3.05, 3.63) is 23.9 Å². The number of hydrogen-bond acceptors (Lipinski definition) is 5. The second kappa shape index (κ2) is 6.86. The third kappa shape index (κ3) is 4.35. The Kier molecular flexibility index (Phi) is 5.09. The summed E-state index contributed by atoms with van der Waals surface area (Å²) in [6.07, 6.45) is 3.36. The maximum absolute atomic E-state index is 12.1. The molecule has 1 aromatic rings. The zero-order valence-corrected chi connectivity index (χ0v) is 14.2. The minimum absolute atomic E-state index is 0.148. The maximum Gasteiger partial charge on any atom is 0.410 e. The van der Waals surface area contributed by atoms with E-state index in [0.717, 1.165) is 19.4 Å². The van der Waals surface area contributed by atoms with E-state index in [0.29, 0.717) is 17.9 Å². The van der Waals surface area contributed by atoms with Gasteiger partial charge in [0.05, 0.1) is 5.56 Å². The van der Waals surface area contributed by atoms with Crippen LogP contribution in [0.3, 0.4) is 0 Å². The van der Waals surface area contributed by atoms with Gasteiger partial charge in [-0.1, -0.05) is 0 Å². The maximum atomic E-state index is 12.1. The minimum atomic E-state index is -0.504. The molecule has 0 radical (unpaired) electrons. The van der Waals surface area contributed by atoms with E-state index >= 15 is 0 Å². The first kappa shape index (κ1) is 17.1. The molecule has 0 saturated carbocycles. The molecule has 2 rings (SSSR count). The highest BCUT2D eigenvalue weighted by molar-refractivity contribution is 5.68. The number of rotatable bonds is 3. The summed E-state index contributed by atoms with van der Waals surface area (Å²) >= 11 is 0. The van der Waals surface area contributed by atoms with Gasteiger partial charge in [-0.25, -0.2) is 9.78 Å². The van der Waals surface area contributed by atoms with Crippen LogP contribution in [0.2, 0.25) is 0 Å². The van der Waals surface area contributed by atoms with Crippen LogP contribution in [-0.2, 0) is 4.74 Å². The number of nitriles is 1. The van der Waals surface area contributed by atoms with E-state index in [1.807, 2.05) is 20.8 Å². The number of anilines is 1. The van der Waals surface area contributed by atoms with Gasteiger partial charge in [-0.3, -0.25) is 0 Å². The van der Waals surface area contributed by atoms with Gasteiger partial charge in [0, 0.05) is 32.4 Å². The van der Waals surface area contributed by atoms with Crippen LogP contribution in [-0.4, -0.2) is 47.8 Å². The van der Waals surface area contributed by atoms with Gasteiger partial charge in [-0.2, -0.15) is 5.26 Å². The lowest BCUT2D eigenvalue weighted by Crippen LogP contribution is -2.43. The highest BCUT2D eigenvalue weighted by Crippen LogP contribution is 2.27. The second-order valence-corrected chi connectivity index (χ2v) is 6.84. The summed E-state index contributed by atoms with van der Waals surface area (Å²) in [5.74, 6) is 0.704. The Morgan fingerprint density at radius 2 is 2.30 bits per heavy atom. The zero-order valence-electron chi connectivity index (χ0n) is 14.2. The molecule has 1 amide bonds. The van der Waals surface area contributed by atoms with E-state index in [9.17, 15) is 10.1 Å². The van der Waals surface area contributed by atoms with Crippen LogP contribution >= 0.6 is 0 Å². The molecule has 6 heteroatoms. The average Bonchev–Trinajstić information content (AvgIpc) is 2.93. The fourth-order valence-corrected chi connectivity index (χ4v) is 2.75. The van der Waals surface area contributed by atoms with Crippen LogP contribution in [0.4, 0.5) is 10.6 Å². The summed E-state index contributed by atoms with van der Waals surface area (Å²) in [7, 11) is 1.74. The average molecular weight is 316 g/mol. The molecule has 1 aliphatic heterocycles. The summed E-state index contributed by atoms with van der Waals surface area (Å²) in [6, 6.07) is 5.88. The molecule has 6 nitrogen and oxygen atoms in total. The van der Waals surface area contributed by atoms with E-state index in [1.165, 1.54) is 0 Å². The van der Waals surface area contributed by atoms with Crippen LogP contribution in [0.15, 0.2) is 18.3 Å². The molecule has 0 bridgehead atoms. The van der Waals surface area contributed by atoms with Gasteiger partial charge in [0.15, 0.2) is 0 Å². The predicted octanol–water partition coefficient (Wildman–Crippen LogP) is 2.79. The number of carbonyl (C=O) groups excluding carboxylic acids is 1. The Morgan fingerprint density at radius 1 is 1.57 bits per heavy atom. The van der Waals surface area contributed by atoms with E-state index in [4.69, 9.17) is 4.74 Å².